The number of aromatic nitrogens is 6. The van der Waals surface area contributed by atoms with Gasteiger partial charge in [-0.2, -0.15) is 0 Å². The van der Waals surface area contributed by atoms with Gasteiger partial charge in [-0.1, -0.05) is 0 Å². The molecule has 8 nitrogen and oxygen atoms in total. The second-order valence-electron chi connectivity index (χ2n) is 2.41. The van der Waals surface area contributed by atoms with Gasteiger partial charge in [0.05, 0.1) is 0 Å². The molecule has 0 aliphatic rings. The van der Waals surface area contributed by atoms with Crippen LogP contribution in [0.3, 0.4) is 0 Å². The van der Waals surface area contributed by atoms with Gasteiger partial charge in [-0.15, -0.1) is 0 Å². The van der Waals surface area contributed by atoms with Crippen LogP contribution < -0.4 is 9.97 Å². The Balaban J connectivity index is 0.000000284. The average Bonchev–Trinajstić information content (AvgIpc) is 2.92. The molecule has 2 rings (SSSR count). The van der Waals surface area contributed by atoms with Crippen LogP contribution in [0, 0.1) is 0 Å². The molecule has 0 atom stereocenters. The normalized spacial score (nSPS) is 10.0. The third kappa shape index (κ3) is 6.47. The number of rotatable bonds is 2. The van der Waals surface area contributed by atoms with E-state index < -0.39 is 0 Å². The molecule has 0 bridgehead atoms. The Morgan fingerprint density at radius 3 is 1.59 bits per heavy atom. The fourth-order valence-corrected chi connectivity index (χ4v) is 0.741. The first kappa shape index (κ1) is 15.3. The van der Waals surface area contributed by atoms with Gasteiger partial charge in [0.25, 0.3) is 0 Å². The van der Waals surface area contributed by atoms with Gasteiger partial charge < -0.3 is 30.4 Å². The molecule has 0 unspecified atom stereocenters. The van der Waals surface area contributed by atoms with Crippen molar-refractivity contribution in [3.63, 3.8) is 0 Å². The van der Waals surface area contributed by atoms with Crippen LogP contribution in [0.4, 0.5) is 0 Å². The Hall–Kier alpha value is -1.69. The predicted molar refractivity (Wildman–Crippen MR) is 57.7 cm³/mol. The van der Waals surface area contributed by atoms with E-state index in [4.69, 9.17) is 0 Å². The van der Waals surface area contributed by atoms with Crippen LogP contribution in [-0.2, 0) is 21.1 Å². The Bertz CT molecular complexity index is 376. The molecule has 92 valence electrons. The molecule has 0 radical (unpaired) electrons. The molecule has 0 aliphatic carbocycles. The second-order valence-corrected chi connectivity index (χ2v) is 2.41. The maximum Gasteiger partial charge on any atom is 2.00 e. The Morgan fingerprint density at radius 2 is 1.35 bits per heavy atom. The second kappa shape index (κ2) is 9.53. The van der Waals surface area contributed by atoms with E-state index in [1.54, 1.807) is 26.5 Å². The summed E-state index contributed by atoms with van der Waals surface area (Å²) in [5.41, 5.74) is 0. The summed E-state index contributed by atoms with van der Waals surface area (Å²) in [7, 11) is 3.33. The van der Waals surface area contributed by atoms with Crippen LogP contribution in [0.25, 0.3) is 0 Å². The third-order valence-corrected chi connectivity index (χ3v) is 1.29. The molecule has 2 aromatic rings. The summed E-state index contributed by atoms with van der Waals surface area (Å²) in [5, 5.41) is 14.2. The van der Waals surface area contributed by atoms with Crippen LogP contribution >= 0.6 is 0 Å². The minimum atomic E-state index is 0. The zero-order valence-electron chi connectivity index (χ0n) is 9.20. The minimum absolute atomic E-state index is 0. The standard InChI is InChI=1S/2C4H5N4.Pt/c2*1-5-2-4-6-3-7-8-4;/h2*2-3H,1H3;/q2*-1;+2. The van der Waals surface area contributed by atoms with Crippen LogP contribution in [0.1, 0.15) is 11.6 Å². The Morgan fingerprint density at radius 1 is 0.941 bits per heavy atom. The molecular formula is C8H10N8Pt. The summed E-state index contributed by atoms with van der Waals surface area (Å²) in [4.78, 5) is 14.8. The first-order valence-electron chi connectivity index (χ1n) is 4.32. The van der Waals surface area contributed by atoms with Crippen molar-refractivity contribution >= 4 is 12.4 Å². The maximum atomic E-state index is 3.73. The fraction of sp³-hybridized carbons (Fsp3) is 0.250. The van der Waals surface area contributed by atoms with Crippen molar-refractivity contribution < 1.29 is 21.1 Å². The van der Waals surface area contributed by atoms with Gasteiger partial charge in [0.2, 0.25) is 0 Å². The van der Waals surface area contributed by atoms with E-state index in [1.165, 1.54) is 12.7 Å². The third-order valence-electron chi connectivity index (χ3n) is 1.29. The van der Waals surface area contributed by atoms with Crippen molar-refractivity contribution in [2.75, 3.05) is 14.1 Å². The van der Waals surface area contributed by atoms with Crippen molar-refractivity contribution in [3.05, 3.63) is 24.3 Å². The quantitative estimate of drug-likeness (QED) is 0.583. The van der Waals surface area contributed by atoms with E-state index in [1.807, 2.05) is 0 Å². The summed E-state index contributed by atoms with van der Waals surface area (Å²) in [5.74, 6) is 1.13. The smallest absolute Gasteiger partial charge is 0.365 e. The molecule has 0 spiro atoms. The summed E-state index contributed by atoms with van der Waals surface area (Å²) >= 11 is 0. The van der Waals surface area contributed by atoms with Gasteiger partial charge in [0.15, 0.2) is 0 Å². The van der Waals surface area contributed by atoms with Gasteiger partial charge in [-0.3, -0.25) is 9.98 Å². The number of hydrogen-bond acceptors (Lipinski definition) is 6. The molecule has 0 saturated heterocycles. The van der Waals surface area contributed by atoms with Gasteiger partial charge >= 0.3 is 21.1 Å². The SMILES string of the molecule is CN=Cc1nnc[n-]1.CN=Cc1nnc[n-]1.[Pt+2]. The molecule has 0 N–H and O–H groups in total. The van der Waals surface area contributed by atoms with Crippen molar-refractivity contribution in [3.8, 4) is 0 Å². The van der Waals surface area contributed by atoms with Gasteiger partial charge in [-0.25, -0.2) is 0 Å². The Labute approximate surface area is 112 Å². The van der Waals surface area contributed by atoms with E-state index in [0.717, 1.165) is 0 Å². The molecule has 17 heavy (non-hydrogen) atoms. The monoisotopic (exact) mass is 413 g/mol. The summed E-state index contributed by atoms with van der Waals surface area (Å²) < 4.78 is 0. The zero-order valence-corrected chi connectivity index (χ0v) is 11.5. The summed E-state index contributed by atoms with van der Waals surface area (Å²) in [6, 6.07) is 0. The first-order chi connectivity index (χ1) is 7.86. The van der Waals surface area contributed by atoms with Crippen LogP contribution in [0.5, 0.6) is 0 Å². The average molecular weight is 413 g/mol. The van der Waals surface area contributed by atoms with Crippen molar-refractivity contribution in [2.24, 2.45) is 9.98 Å². The van der Waals surface area contributed by atoms with Crippen molar-refractivity contribution in [2.45, 2.75) is 0 Å². The van der Waals surface area contributed by atoms with Crippen LogP contribution in [0.2, 0.25) is 0 Å². The van der Waals surface area contributed by atoms with E-state index in [0.29, 0.717) is 11.6 Å². The summed E-state index contributed by atoms with van der Waals surface area (Å²) in [6.07, 6.45) is 5.87. The molecule has 0 aliphatic heterocycles. The van der Waals surface area contributed by atoms with E-state index >= 15 is 0 Å². The molecule has 0 saturated carbocycles. The number of nitrogens with zero attached hydrogens (tertiary/aromatic N) is 8. The zero-order chi connectivity index (χ0) is 11.6. The predicted octanol–water partition coefficient (Wildman–Crippen LogP) is -1.04. The van der Waals surface area contributed by atoms with Crippen molar-refractivity contribution in [1.29, 1.82) is 0 Å². The maximum absolute atomic E-state index is 3.73. The van der Waals surface area contributed by atoms with E-state index in [2.05, 4.69) is 40.3 Å². The van der Waals surface area contributed by atoms with E-state index in [9.17, 15) is 0 Å². The largest absolute Gasteiger partial charge is 2.00 e. The van der Waals surface area contributed by atoms with Crippen molar-refractivity contribution in [1.82, 2.24) is 30.4 Å². The molecule has 0 fully saturated rings. The molecule has 0 aromatic carbocycles. The van der Waals surface area contributed by atoms with Gasteiger partial charge in [0.1, 0.15) is 0 Å². The molecule has 9 heteroatoms. The number of aliphatic imine (C=N–C) groups is 2. The summed E-state index contributed by atoms with van der Waals surface area (Å²) in [6.45, 7) is 0. The molecule has 2 heterocycles. The van der Waals surface area contributed by atoms with E-state index in [-0.39, 0.29) is 21.1 Å². The minimum Gasteiger partial charge on any atom is -0.365 e. The first-order valence-corrected chi connectivity index (χ1v) is 4.32. The van der Waals surface area contributed by atoms with Crippen LogP contribution in [-0.4, -0.2) is 46.9 Å². The molecule has 2 aromatic heterocycles. The number of hydrogen-bond donors (Lipinski definition) is 0. The molecule has 0 amide bonds. The topological polar surface area (TPSA) is 104 Å². The van der Waals surface area contributed by atoms with Crippen LogP contribution in [0.15, 0.2) is 22.6 Å². The van der Waals surface area contributed by atoms with Gasteiger partial charge in [0, 0.05) is 38.2 Å². The van der Waals surface area contributed by atoms with Gasteiger partial charge in [-0.05, 0) is 12.7 Å². The molecular weight excluding hydrogens is 403 g/mol. The fourth-order valence-electron chi connectivity index (χ4n) is 0.741. The Kier molecular flexibility index (Phi) is 8.58.